The minimum atomic E-state index is -0.281. The fraction of sp³-hybridized carbons (Fsp3) is 0.474. The Morgan fingerprint density at radius 2 is 2.04 bits per heavy atom. The number of hydrogen-bond acceptors (Lipinski definition) is 3. The van der Waals surface area contributed by atoms with Crippen molar-refractivity contribution in [3.05, 3.63) is 40.2 Å². The van der Waals surface area contributed by atoms with Crippen LogP contribution in [0.4, 0.5) is 5.69 Å². The monoisotopic (exact) mass is 329 g/mol. The summed E-state index contributed by atoms with van der Waals surface area (Å²) < 4.78 is 1.99. The van der Waals surface area contributed by atoms with Gasteiger partial charge in [0.05, 0.1) is 10.9 Å². The van der Waals surface area contributed by atoms with Gasteiger partial charge in [-0.2, -0.15) is 0 Å². The first-order valence-electron chi connectivity index (χ1n) is 8.61. The van der Waals surface area contributed by atoms with E-state index >= 15 is 0 Å². The second kappa shape index (κ2) is 7.51. The first-order valence-corrected chi connectivity index (χ1v) is 8.61. The van der Waals surface area contributed by atoms with Gasteiger partial charge in [-0.25, -0.2) is 0 Å². The third-order valence-electron chi connectivity index (χ3n) is 4.58. The van der Waals surface area contributed by atoms with Crippen molar-refractivity contribution in [1.29, 1.82) is 0 Å². The van der Waals surface area contributed by atoms with E-state index in [2.05, 4.69) is 20.8 Å². The lowest BCUT2D eigenvalue weighted by molar-refractivity contribution is 0.0791. The van der Waals surface area contributed by atoms with Gasteiger partial charge in [0.25, 0.3) is 5.91 Å². The van der Waals surface area contributed by atoms with Gasteiger partial charge in [0.1, 0.15) is 5.56 Å². The van der Waals surface area contributed by atoms with Gasteiger partial charge in [0.2, 0.25) is 5.43 Å². The molecule has 2 aromatic rings. The van der Waals surface area contributed by atoms with E-state index in [-0.39, 0.29) is 22.9 Å². The molecule has 1 aromatic carbocycles. The molecular formula is C19H27N3O2. The van der Waals surface area contributed by atoms with Crippen molar-refractivity contribution in [1.82, 2.24) is 9.47 Å². The number of nitrogens with two attached hydrogens (primary N) is 1. The number of hydrogen-bond donors (Lipinski definition) is 1. The third kappa shape index (κ3) is 3.30. The van der Waals surface area contributed by atoms with Gasteiger partial charge in [-0.15, -0.1) is 0 Å². The Hall–Kier alpha value is -2.30. The van der Waals surface area contributed by atoms with Gasteiger partial charge >= 0.3 is 0 Å². The minimum absolute atomic E-state index is 0.169. The van der Waals surface area contributed by atoms with E-state index in [1.165, 1.54) is 0 Å². The van der Waals surface area contributed by atoms with E-state index in [1.54, 1.807) is 24.2 Å². The Balaban J connectivity index is 2.67. The van der Waals surface area contributed by atoms with Crippen LogP contribution >= 0.6 is 0 Å². The summed E-state index contributed by atoms with van der Waals surface area (Å²) >= 11 is 0. The molecule has 1 amide bonds. The highest BCUT2D eigenvalue weighted by Gasteiger charge is 2.20. The number of fused-ring (bicyclic) bond motifs is 1. The predicted octanol–water partition coefficient (Wildman–Crippen LogP) is 3.43. The molecule has 24 heavy (non-hydrogen) atoms. The standard InChI is InChI=1S/C19H27N3O2/c1-5-7-11-21(4)19(24)14-12-22(13(3)6-2)16-10-8-9-15(20)17(16)18(14)23/h8-10,12-13H,5-7,11,20H2,1-4H3. The number of nitrogen functional groups attached to an aromatic ring is 1. The molecule has 0 saturated heterocycles. The lowest BCUT2D eigenvalue weighted by atomic mass is 10.1. The van der Waals surface area contributed by atoms with Gasteiger partial charge in [-0.1, -0.05) is 26.3 Å². The van der Waals surface area contributed by atoms with Crippen molar-refractivity contribution < 1.29 is 4.79 Å². The molecule has 0 radical (unpaired) electrons. The van der Waals surface area contributed by atoms with Crippen LogP contribution in [0, 0.1) is 0 Å². The molecule has 0 aliphatic rings. The van der Waals surface area contributed by atoms with Crippen LogP contribution in [0.15, 0.2) is 29.2 Å². The molecule has 0 saturated carbocycles. The molecule has 0 aliphatic carbocycles. The smallest absolute Gasteiger partial charge is 0.259 e. The first kappa shape index (κ1) is 18.0. The number of unbranched alkanes of at least 4 members (excludes halogenated alkanes) is 1. The van der Waals surface area contributed by atoms with E-state index in [0.717, 1.165) is 24.8 Å². The molecule has 1 aromatic heterocycles. The number of nitrogens with zero attached hydrogens (tertiary/aromatic N) is 2. The molecule has 2 rings (SSSR count). The highest BCUT2D eigenvalue weighted by molar-refractivity contribution is 6.00. The number of carbonyl (C=O) groups excluding carboxylic acids is 1. The van der Waals surface area contributed by atoms with E-state index in [1.807, 2.05) is 16.7 Å². The highest BCUT2D eigenvalue weighted by Crippen LogP contribution is 2.23. The van der Waals surface area contributed by atoms with Crippen LogP contribution in [-0.2, 0) is 0 Å². The largest absolute Gasteiger partial charge is 0.398 e. The minimum Gasteiger partial charge on any atom is -0.398 e. The molecule has 0 bridgehead atoms. The lowest BCUT2D eigenvalue weighted by Gasteiger charge is -2.21. The molecule has 2 N–H and O–H groups in total. The summed E-state index contributed by atoms with van der Waals surface area (Å²) in [5, 5.41) is 0.438. The molecule has 5 heteroatoms. The zero-order valence-corrected chi connectivity index (χ0v) is 15.0. The summed E-state index contributed by atoms with van der Waals surface area (Å²) in [6.07, 6.45) is 4.51. The first-order chi connectivity index (χ1) is 11.4. The van der Waals surface area contributed by atoms with Crippen molar-refractivity contribution in [2.24, 2.45) is 0 Å². The SMILES string of the molecule is CCCCN(C)C(=O)c1cn(C(C)CC)c2cccc(N)c2c1=O. The van der Waals surface area contributed by atoms with Gasteiger partial charge in [0, 0.05) is 31.5 Å². The number of aromatic nitrogens is 1. The van der Waals surface area contributed by atoms with Crippen molar-refractivity contribution >= 4 is 22.5 Å². The van der Waals surface area contributed by atoms with E-state index < -0.39 is 0 Å². The van der Waals surface area contributed by atoms with Gasteiger partial charge < -0.3 is 15.2 Å². The maximum absolute atomic E-state index is 12.9. The molecular weight excluding hydrogens is 302 g/mol. The number of rotatable bonds is 6. The predicted molar refractivity (Wildman–Crippen MR) is 99.5 cm³/mol. The second-order valence-electron chi connectivity index (χ2n) is 6.36. The molecule has 130 valence electrons. The summed E-state index contributed by atoms with van der Waals surface area (Å²) in [4.78, 5) is 27.3. The van der Waals surface area contributed by atoms with Gasteiger partial charge in [0.15, 0.2) is 0 Å². The van der Waals surface area contributed by atoms with Crippen molar-refractivity contribution in [2.75, 3.05) is 19.3 Å². The van der Waals surface area contributed by atoms with Crippen molar-refractivity contribution in [3.8, 4) is 0 Å². The van der Waals surface area contributed by atoms with E-state index in [0.29, 0.717) is 17.6 Å². The average Bonchev–Trinajstić information content (AvgIpc) is 2.58. The zero-order chi connectivity index (χ0) is 17.9. The van der Waals surface area contributed by atoms with Crippen LogP contribution < -0.4 is 11.2 Å². The summed E-state index contributed by atoms with van der Waals surface area (Å²) in [6.45, 7) is 6.86. The fourth-order valence-corrected chi connectivity index (χ4v) is 2.84. The van der Waals surface area contributed by atoms with Crippen LogP contribution in [0.2, 0.25) is 0 Å². The zero-order valence-electron chi connectivity index (χ0n) is 15.0. The molecule has 5 nitrogen and oxygen atoms in total. The molecule has 0 aliphatic heterocycles. The fourth-order valence-electron chi connectivity index (χ4n) is 2.84. The summed E-state index contributed by atoms with van der Waals surface area (Å²) in [5.41, 5.74) is 7.16. The number of amides is 1. The average molecular weight is 329 g/mol. The Labute approximate surface area is 143 Å². The van der Waals surface area contributed by atoms with E-state index in [9.17, 15) is 9.59 Å². The summed E-state index contributed by atoms with van der Waals surface area (Å²) in [7, 11) is 1.74. The summed E-state index contributed by atoms with van der Waals surface area (Å²) in [5.74, 6) is -0.240. The number of benzene rings is 1. The maximum atomic E-state index is 12.9. The van der Waals surface area contributed by atoms with Crippen LogP contribution in [-0.4, -0.2) is 29.0 Å². The highest BCUT2D eigenvalue weighted by atomic mass is 16.2. The number of pyridine rings is 1. The Morgan fingerprint density at radius 3 is 2.67 bits per heavy atom. The quantitative estimate of drug-likeness (QED) is 0.826. The molecule has 1 atom stereocenters. The van der Waals surface area contributed by atoms with Gasteiger partial charge in [-0.3, -0.25) is 9.59 Å². The molecule has 0 spiro atoms. The van der Waals surface area contributed by atoms with Crippen LogP contribution in [0.3, 0.4) is 0 Å². The third-order valence-corrected chi connectivity index (χ3v) is 4.58. The normalized spacial score (nSPS) is 12.3. The van der Waals surface area contributed by atoms with Gasteiger partial charge in [-0.05, 0) is 31.9 Å². The molecule has 1 unspecified atom stereocenters. The maximum Gasteiger partial charge on any atom is 0.259 e. The van der Waals surface area contributed by atoms with E-state index in [4.69, 9.17) is 5.73 Å². The Bertz CT molecular complexity index is 795. The molecule has 0 fully saturated rings. The number of carbonyl (C=O) groups is 1. The van der Waals surface area contributed by atoms with Crippen LogP contribution in [0.5, 0.6) is 0 Å². The summed E-state index contributed by atoms with van der Waals surface area (Å²) in [6, 6.07) is 5.60. The van der Waals surface area contributed by atoms with Crippen molar-refractivity contribution in [2.45, 2.75) is 46.1 Å². The van der Waals surface area contributed by atoms with Crippen molar-refractivity contribution in [3.63, 3.8) is 0 Å². The molecule has 1 heterocycles. The Kier molecular flexibility index (Phi) is 5.65. The van der Waals surface area contributed by atoms with Crippen LogP contribution in [0.1, 0.15) is 56.4 Å². The second-order valence-corrected chi connectivity index (χ2v) is 6.36. The topological polar surface area (TPSA) is 68.3 Å². The number of anilines is 1. The lowest BCUT2D eigenvalue weighted by Crippen LogP contribution is -2.33. The Morgan fingerprint density at radius 1 is 1.33 bits per heavy atom. The van der Waals surface area contributed by atoms with Crippen LogP contribution in [0.25, 0.3) is 10.9 Å².